The summed E-state index contributed by atoms with van der Waals surface area (Å²) in [6.45, 7) is 12.1. The van der Waals surface area contributed by atoms with E-state index in [2.05, 4.69) is 19.2 Å². The maximum atomic E-state index is 11.7. The van der Waals surface area contributed by atoms with E-state index in [-0.39, 0.29) is 17.4 Å². The van der Waals surface area contributed by atoms with E-state index in [1.54, 1.807) is 0 Å². The molecular weight excluding hydrogens is 176 g/mol. The van der Waals surface area contributed by atoms with Crippen LogP contribution in [-0.2, 0) is 4.79 Å². The minimum atomic E-state index is -0.409. The quantitative estimate of drug-likeness (QED) is 0.723. The van der Waals surface area contributed by atoms with E-state index >= 15 is 0 Å². The van der Waals surface area contributed by atoms with Gasteiger partial charge in [-0.3, -0.25) is 4.79 Å². The minimum absolute atomic E-state index is 0.0568. The number of carbonyl (C=O) groups is 1. The second kappa shape index (κ2) is 4.78. The number of hydrogen-bond acceptors (Lipinski definition) is 2. The van der Waals surface area contributed by atoms with Gasteiger partial charge < -0.3 is 11.1 Å². The van der Waals surface area contributed by atoms with Crippen LogP contribution in [0.4, 0.5) is 0 Å². The second-order valence-electron chi connectivity index (χ2n) is 5.14. The van der Waals surface area contributed by atoms with Crippen molar-refractivity contribution in [2.75, 3.05) is 0 Å². The smallest absolute Gasteiger partial charge is 0.237 e. The van der Waals surface area contributed by atoms with Gasteiger partial charge in [-0.1, -0.05) is 27.7 Å². The van der Waals surface area contributed by atoms with Gasteiger partial charge in [0.15, 0.2) is 0 Å². The molecule has 0 aromatic carbocycles. The molecule has 0 aromatic heterocycles. The van der Waals surface area contributed by atoms with Gasteiger partial charge in [-0.25, -0.2) is 0 Å². The molecule has 0 heterocycles. The van der Waals surface area contributed by atoms with Crippen LogP contribution in [0.2, 0.25) is 0 Å². The van der Waals surface area contributed by atoms with Crippen molar-refractivity contribution in [1.82, 2.24) is 5.32 Å². The van der Waals surface area contributed by atoms with Gasteiger partial charge >= 0.3 is 0 Å². The SMILES string of the molecule is CC(C)[C@H](N)C(=O)NC(C)(C)C(C)C. The molecule has 0 bridgehead atoms. The lowest BCUT2D eigenvalue weighted by Crippen LogP contribution is -2.54. The molecule has 1 atom stereocenters. The van der Waals surface area contributed by atoms with Gasteiger partial charge in [-0.2, -0.15) is 0 Å². The van der Waals surface area contributed by atoms with Crippen LogP contribution < -0.4 is 11.1 Å². The highest BCUT2D eigenvalue weighted by molar-refractivity contribution is 5.82. The van der Waals surface area contributed by atoms with Crippen molar-refractivity contribution in [3.63, 3.8) is 0 Å². The monoisotopic (exact) mass is 200 g/mol. The number of nitrogens with one attached hydrogen (secondary N) is 1. The van der Waals surface area contributed by atoms with E-state index in [9.17, 15) is 4.79 Å². The minimum Gasteiger partial charge on any atom is -0.350 e. The number of carbonyl (C=O) groups excluding carboxylic acids is 1. The van der Waals surface area contributed by atoms with E-state index in [4.69, 9.17) is 5.73 Å². The van der Waals surface area contributed by atoms with Gasteiger partial charge in [0.25, 0.3) is 0 Å². The molecule has 84 valence electrons. The average Bonchev–Trinajstić information content (AvgIpc) is 2.01. The Morgan fingerprint density at radius 2 is 1.64 bits per heavy atom. The summed E-state index contributed by atoms with van der Waals surface area (Å²) in [5.74, 6) is 0.516. The lowest BCUT2D eigenvalue weighted by atomic mass is 9.90. The Bertz CT molecular complexity index is 197. The Labute approximate surface area is 87.4 Å². The zero-order chi connectivity index (χ0) is 11.5. The molecule has 1 amide bonds. The Balaban J connectivity index is 4.32. The Hall–Kier alpha value is -0.570. The zero-order valence-corrected chi connectivity index (χ0v) is 10.2. The fraction of sp³-hybridized carbons (Fsp3) is 0.909. The van der Waals surface area contributed by atoms with Crippen LogP contribution in [0.3, 0.4) is 0 Å². The van der Waals surface area contributed by atoms with E-state index in [0.717, 1.165) is 0 Å². The molecule has 0 rings (SSSR count). The van der Waals surface area contributed by atoms with Crippen LogP contribution in [0.25, 0.3) is 0 Å². The zero-order valence-electron chi connectivity index (χ0n) is 10.2. The maximum absolute atomic E-state index is 11.7. The van der Waals surface area contributed by atoms with E-state index in [0.29, 0.717) is 5.92 Å². The van der Waals surface area contributed by atoms with Gasteiger partial charge in [-0.05, 0) is 25.7 Å². The molecule has 0 saturated heterocycles. The van der Waals surface area contributed by atoms with Gasteiger partial charge in [0.2, 0.25) is 5.91 Å². The Kier molecular flexibility index (Phi) is 4.59. The van der Waals surface area contributed by atoms with Crippen LogP contribution in [0.1, 0.15) is 41.5 Å². The predicted molar refractivity (Wildman–Crippen MR) is 59.9 cm³/mol. The largest absolute Gasteiger partial charge is 0.350 e. The molecule has 3 nitrogen and oxygen atoms in total. The summed E-state index contributed by atoms with van der Waals surface area (Å²) in [5, 5.41) is 2.97. The average molecular weight is 200 g/mol. The fourth-order valence-electron chi connectivity index (χ4n) is 0.848. The lowest BCUT2D eigenvalue weighted by molar-refractivity contribution is -0.125. The third kappa shape index (κ3) is 3.66. The van der Waals surface area contributed by atoms with Crippen molar-refractivity contribution < 1.29 is 4.79 Å². The normalized spacial score (nSPS) is 14.6. The van der Waals surface area contributed by atoms with Gasteiger partial charge in [0, 0.05) is 5.54 Å². The van der Waals surface area contributed by atoms with E-state index < -0.39 is 6.04 Å². The predicted octanol–water partition coefficient (Wildman–Crippen LogP) is 1.52. The molecule has 3 heteroatoms. The number of rotatable bonds is 4. The van der Waals surface area contributed by atoms with E-state index in [1.165, 1.54) is 0 Å². The van der Waals surface area contributed by atoms with Crippen molar-refractivity contribution in [2.24, 2.45) is 17.6 Å². The Morgan fingerprint density at radius 1 is 1.21 bits per heavy atom. The third-order valence-corrected chi connectivity index (χ3v) is 2.91. The molecule has 0 aromatic rings. The van der Waals surface area contributed by atoms with Gasteiger partial charge in [0.05, 0.1) is 6.04 Å². The lowest BCUT2D eigenvalue weighted by Gasteiger charge is -2.32. The van der Waals surface area contributed by atoms with Crippen molar-refractivity contribution >= 4 is 5.91 Å². The first-order valence-corrected chi connectivity index (χ1v) is 5.26. The van der Waals surface area contributed by atoms with Crippen LogP contribution in [0.5, 0.6) is 0 Å². The summed E-state index contributed by atoms with van der Waals surface area (Å²) >= 11 is 0. The number of nitrogens with two attached hydrogens (primary N) is 1. The number of amides is 1. The fourth-order valence-corrected chi connectivity index (χ4v) is 0.848. The molecule has 0 unspecified atom stereocenters. The molecule has 0 radical (unpaired) electrons. The summed E-state index contributed by atoms with van der Waals surface area (Å²) in [7, 11) is 0. The second-order valence-corrected chi connectivity index (χ2v) is 5.14. The first-order chi connectivity index (χ1) is 6.18. The molecule has 0 aliphatic rings. The number of hydrogen-bond donors (Lipinski definition) is 2. The molecular formula is C11H24N2O. The van der Waals surface area contributed by atoms with Crippen molar-refractivity contribution in [1.29, 1.82) is 0 Å². The standard InChI is InChI=1S/C11H24N2O/c1-7(2)9(12)10(14)13-11(5,6)8(3)4/h7-9H,12H2,1-6H3,(H,13,14)/t9-/m0/s1. The summed E-state index contributed by atoms with van der Waals surface area (Å²) in [4.78, 5) is 11.7. The summed E-state index contributed by atoms with van der Waals surface area (Å²) in [5.41, 5.74) is 5.56. The van der Waals surface area contributed by atoms with Crippen molar-refractivity contribution in [3.05, 3.63) is 0 Å². The molecule has 0 aliphatic heterocycles. The van der Waals surface area contributed by atoms with Crippen LogP contribution >= 0.6 is 0 Å². The van der Waals surface area contributed by atoms with Crippen LogP contribution in [0, 0.1) is 11.8 Å². The van der Waals surface area contributed by atoms with Crippen LogP contribution in [0.15, 0.2) is 0 Å². The molecule has 0 saturated carbocycles. The third-order valence-electron chi connectivity index (χ3n) is 2.91. The molecule has 14 heavy (non-hydrogen) atoms. The highest BCUT2D eigenvalue weighted by Gasteiger charge is 2.27. The van der Waals surface area contributed by atoms with Gasteiger partial charge in [-0.15, -0.1) is 0 Å². The summed E-state index contributed by atoms with van der Waals surface area (Å²) < 4.78 is 0. The summed E-state index contributed by atoms with van der Waals surface area (Å²) in [6, 6.07) is -0.409. The van der Waals surface area contributed by atoms with Crippen molar-refractivity contribution in [3.8, 4) is 0 Å². The summed E-state index contributed by atoms with van der Waals surface area (Å²) in [6.07, 6.45) is 0. The topological polar surface area (TPSA) is 55.1 Å². The molecule has 0 spiro atoms. The highest BCUT2D eigenvalue weighted by Crippen LogP contribution is 2.15. The Morgan fingerprint density at radius 3 is 1.93 bits per heavy atom. The molecule has 0 aliphatic carbocycles. The maximum Gasteiger partial charge on any atom is 0.237 e. The highest BCUT2D eigenvalue weighted by atomic mass is 16.2. The van der Waals surface area contributed by atoms with Gasteiger partial charge in [0.1, 0.15) is 0 Å². The first-order valence-electron chi connectivity index (χ1n) is 5.26. The van der Waals surface area contributed by atoms with E-state index in [1.807, 2.05) is 27.7 Å². The van der Waals surface area contributed by atoms with Crippen molar-refractivity contribution in [2.45, 2.75) is 53.1 Å². The molecule has 0 fully saturated rings. The first kappa shape index (κ1) is 13.4. The molecule has 3 N–H and O–H groups in total. The van der Waals surface area contributed by atoms with Crippen LogP contribution in [-0.4, -0.2) is 17.5 Å².